The minimum atomic E-state index is -0.272. The first-order chi connectivity index (χ1) is 9.11. The van der Waals surface area contributed by atoms with E-state index in [0.717, 1.165) is 5.56 Å². The van der Waals surface area contributed by atoms with Crippen LogP contribution in [0.1, 0.15) is 18.4 Å². The SMILES string of the molecule is COC(=O)CCCNC(=O)C=Cc1ccc(Cl)cc1. The molecule has 1 N–H and O–H groups in total. The van der Waals surface area contributed by atoms with Crippen LogP contribution < -0.4 is 5.32 Å². The highest BCUT2D eigenvalue weighted by Gasteiger charge is 2.00. The van der Waals surface area contributed by atoms with E-state index in [4.69, 9.17) is 11.6 Å². The predicted molar refractivity (Wildman–Crippen MR) is 74.7 cm³/mol. The fourth-order valence-electron chi connectivity index (χ4n) is 1.35. The summed E-state index contributed by atoms with van der Waals surface area (Å²) in [6.07, 6.45) is 4.01. The lowest BCUT2D eigenvalue weighted by Gasteiger charge is -2.01. The van der Waals surface area contributed by atoms with Crippen LogP contribution in [0.5, 0.6) is 0 Å². The van der Waals surface area contributed by atoms with Gasteiger partial charge in [-0.1, -0.05) is 23.7 Å². The molecule has 1 aromatic carbocycles. The van der Waals surface area contributed by atoms with E-state index in [2.05, 4.69) is 10.1 Å². The smallest absolute Gasteiger partial charge is 0.305 e. The number of ether oxygens (including phenoxy) is 1. The first kappa shape index (κ1) is 15.2. The topological polar surface area (TPSA) is 55.4 Å². The van der Waals surface area contributed by atoms with E-state index in [1.54, 1.807) is 18.2 Å². The van der Waals surface area contributed by atoms with Crippen molar-refractivity contribution in [1.29, 1.82) is 0 Å². The average Bonchev–Trinajstić information content (AvgIpc) is 2.42. The first-order valence-corrected chi connectivity index (χ1v) is 6.28. The standard InChI is InChI=1S/C14H16ClNO3/c1-19-14(18)3-2-10-16-13(17)9-6-11-4-7-12(15)8-5-11/h4-9H,2-3,10H2,1H3,(H,16,17). The lowest BCUT2D eigenvalue weighted by molar-refractivity contribution is -0.140. The van der Waals surface area contributed by atoms with Crippen LogP contribution in [0.4, 0.5) is 0 Å². The predicted octanol–water partition coefficient (Wildman–Crippen LogP) is 2.42. The summed E-state index contributed by atoms with van der Waals surface area (Å²) >= 11 is 5.76. The lowest BCUT2D eigenvalue weighted by Crippen LogP contribution is -2.22. The summed E-state index contributed by atoms with van der Waals surface area (Å²) in [5.41, 5.74) is 0.897. The van der Waals surface area contributed by atoms with Crippen LogP contribution in [0.15, 0.2) is 30.3 Å². The zero-order valence-electron chi connectivity index (χ0n) is 10.7. The molecule has 4 nitrogen and oxygen atoms in total. The van der Waals surface area contributed by atoms with Gasteiger partial charge in [0, 0.05) is 24.1 Å². The molecule has 1 aromatic rings. The van der Waals surface area contributed by atoms with Gasteiger partial charge in [-0.05, 0) is 30.2 Å². The number of esters is 1. The molecule has 0 aliphatic rings. The summed E-state index contributed by atoms with van der Waals surface area (Å²) in [7, 11) is 1.34. The maximum atomic E-state index is 11.5. The maximum Gasteiger partial charge on any atom is 0.305 e. The van der Waals surface area contributed by atoms with Gasteiger partial charge in [-0.25, -0.2) is 0 Å². The number of halogens is 1. The number of methoxy groups -OCH3 is 1. The molecule has 0 atom stereocenters. The van der Waals surface area contributed by atoms with Gasteiger partial charge in [-0.15, -0.1) is 0 Å². The Bertz CT molecular complexity index is 454. The number of carbonyl (C=O) groups is 2. The molecule has 102 valence electrons. The largest absolute Gasteiger partial charge is 0.469 e. The molecule has 0 radical (unpaired) electrons. The summed E-state index contributed by atoms with van der Waals surface area (Å²) in [4.78, 5) is 22.3. The lowest BCUT2D eigenvalue weighted by atomic mass is 10.2. The fourth-order valence-corrected chi connectivity index (χ4v) is 1.48. The van der Waals surface area contributed by atoms with Crippen LogP contribution in [0.3, 0.4) is 0 Å². The van der Waals surface area contributed by atoms with Crippen molar-refractivity contribution in [2.75, 3.05) is 13.7 Å². The summed E-state index contributed by atoms with van der Waals surface area (Å²) in [6, 6.07) is 7.16. The van der Waals surface area contributed by atoms with Gasteiger partial charge in [-0.3, -0.25) is 9.59 Å². The normalized spacial score (nSPS) is 10.4. The molecule has 1 amide bonds. The van der Waals surface area contributed by atoms with Gasteiger partial charge in [0.15, 0.2) is 0 Å². The average molecular weight is 282 g/mol. The Balaban J connectivity index is 2.27. The number of nitrogens with one attached hydrogen (secondary N) is 1. The number of hydrogen-bond acceptors (Lipinski definition) is 3. The molecule has 0 saturated carbocycles. The van der Waals surface area contributed by atoms with Crippen LogP contribution in [0, 0.1) is 0 Å². The van der Waals surface area contributed by atoms with Crippen LogP contribution in [0.2, 0.25) is 5.02 Å². The van der Waals surface area contributed by atoms with Gasteiger partial charge >= 0.3 is 5.97 Å². The number of carbonyl (C=O) groups excluding carboxylic acids is 2. The molecule has 0 aromatic heterocycles. The molecular formula is C14H16ClNO3. The van der Waals surface area contributed by atoms with E-state index < -0.39 is 0 Å². The van der Waals surface area contributed by atoms with E-state index in [-0.39, 0.29) is 11.9 Å². The Kier molecular flexibility index (Phi) is 6.68. The Morgan fingerprint density at radius 2 is 2.00 bits per heavy atom. The van der Waals surface area contributed by atoms with Gasteiger partial charge in [-0.2, -0.15) is 0 Å². The quantitative estimate of drug-likeness (QED) is 0.495. The molecule has 0 heterocycles. The second kappa shape index (κ2) is 8.32. The van der Waals surface area contributed by atoms with Crippen molar-refractivity contribution in [3.63, 3.8) is 0 Å². The number of benzene rings is 1. The van der Waals surface area contributed by atoms with Crippen molar-refractivity contribution in [3.05, 3.63) is 40.9 Å². The van der Waals surface area contributed by atoms with Gasteiger partial charge in [0.25, 0.3) is 0 Å². The van der Waals surface area contributed by atoms with Crippen molar-refractivity contribution < 1.29 is 14.3 Å². The second-order valence-electron chi connectivity index (χ2n) is 3.86. The summed E-state index contributed by atoms with van der Waals surface area (Å²) in [5.74, 6) is -0.467. The first-order valence-electron chi connectivity index (χ1n) is 5.90. The molecule has 0 aliphatic carbocycles. The highest BCUT2D eigenvalue weighted by molar-refractivity contribution is 6.30. The number of hydrogen-bond donors (Lipinski definition) is 1. The Morgan fingerprint density at radius 1 is 1.32 bits per heavy atom. The Morgan fingerprint density at radius 3 is 2.63 bits per heavy atom. The highest BCUT2D eigenvalue weighted by Crippen LogP contribution is 2.10. The molecule has 0 bridgehead atoms. The second-order valence-corrected chi connectivity index (χ2v) is 4.29. The van der Waals surface area contributed by atoms with E-state index in [0.29, 0.717) is 24.4 Å². The molecular weight excluding hydrogens is 266 g/mol. The van der Waals surface area contributed by atoms with E-state index in [9.17, 15) is 9.59 Å². The summed E-state index contributed by atoms with van der Waals surface area (Å²) < 4.78 is 4.50. The fraction of sp³-hybridized carbons (Fsp3) is 0.286. The minimum absolute atomic E-state index is 0.195. The summed E-state index contributed by atoms with van der Waals surface area (Å²) in [5, 5.41) is 3.34. The van der Waals surface area contributed by atoms with Crippen LogP contribution >= 0.6 is 11.6 Å². The molecule has 0 fully saturated rings. The molecule has 0 spiro atoms. The molecule has 0 aliphatic heterocycles. The third-order valence-corrected chi connectivity index (χ3v) is 2.63. The van der Waals surface area contributed by atoms with Gasteiger partial charge in [0.2, 0.25) is 5.91 Å². The molecule has 19 heavy (non-hydrogen) atoms. The van der Waals surface area contributed by atoms with Crippen LogP contribution in [-0.2, 0) is 14.3 Å². The third-order valence-electron chi connectivity index (χ3n) is 2.38. The van der Waals surface area contributed by atoms with Crippen molar-refractivity contribution in [2.24, 2.45) is 0 Å². The van der Waals surface area contributed by atoms with E-state index in [1.165, 1.54) is 13.2 Å². The Hall–Kier alpha value is -1.81. The zero-order chi connectivity index (χ0) is 14.1. The Labute approximate surface area is 117 Å². The number of rotatable bonds is 6. The molecule has 5 heteroatoms. The summed E-state index contributed by atoms with van der Waals surface area (Å²) in [6.45, 7) is 0.443. The van der Waals surface area contributed by atoms with E-state index >= 15 is 0 Å². The zero-order valence-corrected chi connectivity index (χ0v) is 11.4. The maximum absolute atomic E-state index is 11.5. The van der Waals surface area contributed by atoms with Gasteiger partial charge < -0.3 is 10.1 Å². The van der Waals surface area contributed by atoms with Crippen molar-refractivity contribution in [3.8, 4) is 0 Å². The monoisotopic (exact) mass is 281 g/mol. The van der Waals surface area contributed by atoms with Gasteiger partial charge in [0.05, 0.1) is 7.11 Å². The minimum Gasteiger partial charge on any atom is -0.469 e. The highest BCUT2D eigenvalue weighted by atomic mass is 35.5. The third kappa shape index (κ3) is 6.62. The van der Waals surface area contributed by atoms with Gasteiger partial charge in [0.1, 0.15) is 0 Å². The number of amides is 1. The van der Waals surface area contributed by atoms with Crippen LogP contribution in [0.25, 0.3) is 6.08 Å². The van der Waals surface area contributed by atoms with Crippen molar-refractivity contribution in [2.45, 2.75) is 12.8 Å². The van der Waals surface area contributed by atoms with E-state index in [1.807, 2.05) is 12.1 Å². The molecule has 0 saturated heterocycles. The van der Waals surface area contributed by atoms with Crippen molar-refractivity contribution in [1.82, 2.24) is 5.32 Å². The van der Waals surface area contributed by atoms with Crippen molar-refractivity contribution >= 4 is 29.6 Å². The molecule has 0 unspecified atom stereocenters. The van der Waals surface area contributed by atoms with Crippen LogP contribution in [-0.4, -0.2) is 25.5 Å². The molecule has 1 rings (SSSR count).